The fourth-order valence-electron chi connectivity index (χ4n) is 2.48. The quantitative estimate of drug-likeness (QED) is 0.413. The molecule has 142 valence electrons. The standard InChI is InChI=1S/C18H15Cl4N3O2/c1-11(26-17-5-3-13(20)7-16(17)22)27-18(8-25-10-23-9-24-25)14-4-2-12(19)6-15(14)21/h2-7,9-11,18H,8H2,1H3. The van der Waals surface area contributed by atoms with Gasteiger partial charge in [-0.25, -0.2) is 4.98 Å². The highest BCUT2D eigenvalue weighted by atomic mass is 35.5. The molecule has 0 bridgehead atoms. The lowest BCUT2D eigenvalue weighted by Gasteiger charge is -2.24. The third-order valence-corrected chi connectivity index (χ3v) is 4.76. The largest absolute Gasteiger partial charge is 0.464 e. The summed E-state index contributed by atoms with van der Waals surface area (Å²) < 4.78 is 13.5. The van der Waals surface area contributed by atoms with Crippen molar-refractivity contribution in [2.75, 3.05) is 0 Å². The fourth-order valence-corrected chi connectivity index (χ4v) is 3.47. The van der Waals surface area contributed by atoms with E-state index in [0.29, 0.717) is 32.4 Å². The van der Waals surface area contributed by atoms with Gasteiger partial charge in [-0.1, -0.05) is 52.5 Å². The van der Waals surface area contributed by atoms with E-state index in [1.54, 1.807) is 48.3 Å². The number of halogens is 4. The van der Waals surface area contributed by atoms with Gasteiger partial charge in [-0.2, -0.15) is 5.10 Å². The van der Waals surface area contributed by atoms with Gasteiger partial charge in [0.2, 0.25) is 0 Å². The molecule has 5 nitrogen and oxygen atoms in total. The van der Waals surface area contributed by atoms with Gasteiger partial charge in [-0.15, -0.1) is 0 Å². The minimum Gasteiger partial charge on any atom is -0.464 e. The molecular weight excluding hydrogens is 432 g/mol. The highest BCUT2D eigenvalue weighted by Crippen LogP contribution is 2.32. The molecule has 0 aliphatic heterocycles. The number of benzene rings is 2. The zero-order valence-electron chi connectivity index (χ0n) is 14.2. The average Bonchev–Trinajstić information content (AvgIpc) is 3.10. The molecule has 0 amide bonds. The summed E-state index contributed by atoms with van der Waals surface area (Å²) in [6.07, 6.45) is 1.98. The van der Waals surface area contributed by atoms with Crippen molar-refractivity contribution in [1.82, 2.24) is 14.8 Å². The van der Waals surface area contributed by atoms with E-state index < -0.39 is 12.4 Å². The molecule has 2 aromatic carbocycles. The van der Waals surface area contributed by atoms with Crippen LogP contribution >= 0.6 is 46.4 Å². The summed E-state index contributed by atoms with van der Waals surface area (Å²) in [5.41, 5.74) is 0.759. The summed E-state index contributed by atoms with van der Waals surface area (Å²) in [6.45, 7) is 2.16. The number of nitrogens with zero attached hydrogens (tertiary/aromatic N) is 3. The Kier molecular flexibility index (Phi) is 6.84. The molecule has 0 N–H and O–H groups in total. The minimum absolute atomic E-state index is 0.392. The smallest absolute Gasteiger partial charge is 0.197 e. The molecule has 0 spiro atoms. The molecule has 0 saturated heterocycles. The van der Waals surface area contributed by atoms with Crippen LogP contribution in [0.2, 0.25) is 20.1 Å². The van der Waals surface area contributed by atoms with Crippen LogP contribution in [0.25, 0.3) is 0 Å². The van der Waals surface area contributed by atoms with Crippen LogP contribution in [0.4, 0.5) is 0 Å². The van der Waals surface area contributed by atoms with E-state index in [1.165, 1.54) is 6.33 Å². The molecule has 0 radical (unpaired) electrons. The molecule has 2 atom stereocenters. The predicted octanol–water partition coefficient (Wildman–Crippen LogP) is 6.07. The van der Waals surface area contributed by atoms with E-state index in [-0.39, 0.29) is 0 Å². The van der Waals surface area contributed by atoms with Crippen LogP contribution in [-0.2, 0) is 11.3 Å². The van der Waals surface area contributed by atoms with Crippen molar-refractivity contribution >= 4 is 46.4 Å². The maximum Gasteiger partial charge on any atom is 0.197 e. The Balaban J connectivity index is 1.79. The second-order valence-corrected chi connectivity index (χ2v) is 7.36. The molecule has 0 aliphatic rings. The van der Waals surface area contributed by atoms with Crippen molar-refractivity contribution in [3.63, 3.8) is 0 Å². The zero-order chi connectivity index (χ0) is 19.4. The Bertz CT molecular complexity index is 906. The second kappa shape index (κ2) is 9.13. The molecule has 0 fully saturated rings. The lowest BCUT2D eigenvalue weighted by molar-refractivity contribution is -0.115. The van der Waals surface area contributed by atoms with Crippen LogP contribution in [0.5, 0.6) is 5.75 Å². The lowest BCUT2D eigenvalue weighted by Crippen LogP contribution is -2.23. The van der Waals surface area contributed by atoms with E-state index in [1.807, 2.05) is 6.07 Å². The molecule has 1 heterocycles. The molecule has 2 unspecified atom stereocenters. The minimum atomic E-state index is -0.621. The van der Waals surface area contributed by atoms with E-state index >= 15 is 0 Å². The molecule has 27 heavy (non-hydrogen) atoms. The van der Waals surface area contributed by atoms with Gasteiger partial charge in [0.05, 0.1) is 11.6 Å². The SMILES string of the molecule is CC(Oc1ccc(Cl)cc1Cl)OC(Cn1cncn1)c1ccc(Cl)cc1Cl. The van der Waals surface area contributed by atoms with Crippen molar-refractivity contribution in [2.45, 2.75) is 25.9 Å². The first-order valence-corrected chi connectivity index (χ1v) is 9.48. The first-order chi connectivity index (χ1) is 12.9. The van der Waals surface area contributed by atoms with E-state index in [9.17, 15) is 0 Å². The Morgan fingerprint density at radius 2 is 1.70 bits per heavy atom. The molecule has 0 aliphatic carbocycles. The van der Waals surface area contributed by atoms with Crippen molar-refractivity contribution in [3.8, 4) is 5.75 Å². The first kappa shape index (κ1) is 20.2. The van der Waals surface area contributed by atoms with Gasteiger partial charge >= 0.3 is 0 Å². The van der Waals surface area contributed by atoms with Crippen molar-refractivity contribution in [2.24, 2.45) is 0 Å². The maximum atomic E-state index is 6.36. The molecule has 3 rings (SSSR count). The van der Waals surface area contributed by atoms with Crippen LogP contribution in [0, 0.1) is 0 Å². The Hall–Kier alpha value is -1.50. The fraction of sp³-hybridized carbons (Fsp3) is 0.222. The number of rotatable bonds is 7. The van der Waals surface area contributed by atoms with Crippen LogP contribution < -0.4 is 4.74 Å². The highest BCUT2D eigenvalue weighted by molar-refractivity contribution is 6.35. The van der Waals surface area contributed by atoms with Crippen LogP contribution in [-0.4, -0.2) is 21.1 Å². The summed E-state index contributed by atoms with van der Waals surface area (Å²) in [7, 11) is 0. The van der Waals surface area contributed by atoms with E-state index in [4.69, 9.17) is 55.9 Å². The van der Waals surface area contributed by atoms with Crippen LogP contribution in [0.15, 0.2) is 49.1 Å². The third-order valence-electron chi connectivity index (χ3n) is 3.67. The Morgan fingerprint density at radius 3 is 2.33 bits per heavy atom. The van der Waals surface area contributed by atoms with Gasteiger partial charge in [-0.05, 0) is 37.3 Å². The highest BCUT2D eigenvalue weighted by Gasteiger charge is 2.21. The normalized spacial score (nSPS) is 13.4. The van der Waals surface area contributed by atoms with Gasteiger partial charge in [0.15, 0.2) is 6.29 Å². The average molecular weight is 447 g/mol. The second-order valence-electron chi connectivity index (χ2n) is 5.67. The van der Waals surface area contributed by atoms with Gasteiger partial charge in [0.25, 0.3) is 0 Å². The summed E-state index contributed by atoms with van der Waals surface area (Å²) >= 11 is 24.4. The van der Waals surface area contributed by atoms with Gasteiger partial charge in [0, 0.05) is 20.6 Å². The summed E-state index contributed by atoms with van der Waals surface area (Å²) in [5, 5.41) is 6.08. The van der Waals surface area contributed by atoms with Gasteiger partial charge in [-0.3, -0.25) is 4.68 Å². The lowest BCUT2D eigenvalue weighted by atomic mass is 10.1. The van der Waals surface area contributed by atoms with Gasteiger partial charge in [0.1, 0.15) is 24.5 Å². The number of hydrogen-bond donors (Lipinski definition) is 0. The topological polar surface area (TPSA) is 49.2 Å². The van der Waals surface area contributed by atoms with E-state index in [0.717, 1.165) is 5.56 Å². The van der Waals surface area contributed by atoms with Gasteiger partial charge < -0.3 is 9.47 Å². The summed E-state index contributed by atoms with van der Waals surface area (Å²) in [5.74, 6) is 0.468. The zero-order valence-corrected chi connectivity index (χ0v) is 17.2. The van der Waals surface area contributed by atoms with E-state index in [2.05, 4.69) is 10.1 Å². The number of aromatic nitrogens is 3. The van der Waals surface area contributed by atoms with Crippen LogP contribution in [0.3, 0.4) is 0 Å². The molecule has 0 saturated carbocycles. The Labute approximate surface area is 176 Å². The molecule has 3 aromatic rings. The van der Waals surface area contributed by atoms with Crippen molar-refractivity contribution in [1.29, 1.82) is 0 Å². The monoisotopic (exact) mass is 445 g/mol. The third kappa shape index (κ3) is 5.50. The Morgan fingerprint density at radius 1 is 1.00 bits per heavy atom. The first-order valence-electron chi connectivity index (χ1n) is 7.97. The predicted molar refractivity (Wildman–Crippen MR) is 107 cm³/mol. The maximum absolute atomic E-state index is 6.36. The molecular formula is C18H15Cl4N3O2. The number of hydrogen-bond acceptors (Lipinski definition) is 4. The van der Waals surface area contributed by atoms with Crippen molar-refractivity contribution in [3.05, 3.63) is 74.7 Å². The van der Waals surface area contributed by atoms with Crippen molar-refractivity contribution < 1.29 is 9.47 Å². The van der Waals surface area contributed by atoms with Crippen LogP contribution in [0.1, 0.15) is 18.6 Å². The number of ether oxygens (including phenoxy) is 2. The summed E-state index contributed by atoms with van der Waals surface area (Å²) in [6, 6.07) is 10.2. The molecule has 1 aromatic heterocycles. The summed E-state index contributed by atoms with van der Waals surface area (Å²) in [4.78, 5) is 3.95. The molecule has 9 heteroatoms.